The molecular formula is C21H35N3O5. The van der Waals surface area contributed by atoms with E-state index in [1.165, 1.54) is 0 Å². The first-order valence-electron chi connectivity index (χ1n) is 10.6. The highest BCUT2D eigenvalue weighted by Gasteiger charge is 2.31. The number of aliphatic hydroxyl groups is 1. The number of rotatable bonds is 7. The lowest BCUT2D eigenvalue weighted by atomic mass is 9.92. The van der Waals surface area contributed by atoms with Crippen LogP contribution in [0, 0.1) is 5.41 Å². The van der Waals surface area contributed by atoms with E-state index < -0.39 is 12.2 Å². The third-order valence-electron chi connectivity index (χ3n) is 5.30. The van der Waals surface area contributed by atoms with Crippen molar-refractivity contribution in [2.24, 2.45) is 5.41 Å². The van der Waals surface area contributed by atoms with Crippen LogP contribution >= 0.6 is 0 Å². The minimum absolute atomic E-state index is 0.0142. The Bertz CT molecular complexity index is 651. The van der Waals surface area contributed by atoms with E-state index in [9.17, 15) is 9.90 Å². The summed E-state index contributed by atoms with van der Waals surface area (Å²) in [5, 5.41) is 17.3. The van der Waals surface area contributed by atoms with Crippen molar-refractivity contribution in [1.82, 2.24) is 15.4 Å². The predicted octanol–water partition coefficient (Wildman–Crippen LogP) is 1.51. The van der Waals surface area contributed by atoms with Crippen molar-refractivity contribution in [2.75, 3.05) is 32.8 Å². The minimum Gasteiger partial charge on any atom is -0.390 e. The molecular weight excluding hydrogens is 374 g/mol. The molecule has 0 bridgehead atoms. The van der Waals surface area contributed by atoms with E-state index in [1.54, 1.807) is 0 Å². The van der Waals surface area contributed by atoms with Gasteiger partial charge in [-0.3, -0.25) is 9.69 Å². The third-order valence-corrected chi connectivity index (χ3v) is 5.30. The van der Waals surface area contributed by atoms with Crippen molar-refractivity contribution in [1.29, 1.82) is 0 Å². The van der Waals surface area contributed by atoms with Gasteiger partial charge in [0.1, 0.15) is 6.10 Å². The van der Waals surface area contributed by atoms with Gasteiger partial charge in [-0.05, 0) is 18.3 Å². The number of carbonyl (C=O) groups is 1. The number of morpholine rings is 1. The lowest BCUT2D eigenvalue weighted by Gasteiger charge is -2.34. The summed E-state index contributed by atoms with van der Waals surface area (Å²) < 4.78 is 16.9. The zero-order valence-electron chi connectivity index (χ0n) is 17.9. The van der Waals surface area contributed by atoms with Crippen LogP contribution in [-0.2, 0) is 27.2 Å². The van der Waals surface area contributed by atoms with E-state index in [4.69, 9.17) is 14.0 Å². The van der Waals surface area contributed by atoms with Gasteiger partial charge in [-0.25, -0.2) is 0 Å². The van der Waals surface area contributed by atoms with Gasteiger partial charge in [0.15, 0.2) is 5.76 Å². The Balaban J connectivity index is 1.45. The molecule has 29 heavy (non-hydrogen) atoms. The van der Waals surface area contributed by atoms with Crippen LogP contribution < -0.4 is 5.32 Å². The lowest BCUT2D eigenvalue weighted by molar-refractivity contribution is -0.130. The predicted molar refractivity (Wildman–Crippen MR) is 107 cm³/mol. The average molecular weight is 410 g/mol. The molecule has 0 unspecified atom stereocenters. The number of ether oxygens (including phenoxy) is 2. The van der Waals surface area contributed by atoms with Crippen LogP contribution in [0.5, 0.6) is 0 Å². The number of aromatic nitrogens is 1. The molecule has 8 heteroatoms. The van der Waals surface area contributed by atoms with Crippen molar-refractivity contribution >= 4 is 5.91 Å². The van der Waals surface area contributed by atoms with Crippen LogP contribution in [0.2, 0.25) is 0 Å². The highest BCUT2D eigenvalue weighted by atomic mass is 16.5. The van der Waals surface area contributed by atoms with Gasteiger partial charge < -0.3 is 24.4 Å². The van der Waals surface area contributed by atoms with Crippen molar-refractivity contribution in [3.8, 4) is 0 Å². The molecule has 0 aromatic carbocycles. The van der Waals surface area contributed by atoms with Gasteiger partial charge in [0, 0.05) is 38.5 Å². The maximum atomic E-state index is 12.1. The number of nitrogens with one attached hydrogen (secondary N) is 1. The molecule has 2 aliphatic heterocycles. The summed E-state index contributed by atoms with van der Waals surface area (Å²) in [6.45, 7) is 10.5. The smallest absolute Gasteiger partial charge is 0.220 e. The van der Waals surface area contributed by atoms with E-state index in [2.05, 4.69) is 15.4 Å². The molecule has 0 radical (unpaired) electrons. The molecule has 2 saturated heterocycles. The van der Waals surface area contributed by atoms with E-state index >= 15 is 0 Å². The standard InChI is InChI=1S/C21H35N3O5/c1-21(2,3)12-20(26)22-13-19-18(25)5-4-16(28-19)10-15-11-17(29-23-15)14-24-6-8-27-9-7-24/h11,16,18-19,25H,4-10,12-14H2,1-3H3,(H,22,26)/t16-,18-,19+/m0/s1. The van der Waals surface area contributed by atoms with E-state index in [-0.39, 0.29) is 17.4 Å². The first kappa shape index (κ1) is 22.2. The van der Waals surface area contributed by atoms with Crippen LogP contribution in [0.25, 0.3) is 0 Å². The van der Waals surface area contributed by atoms with Crippen LogP contribution in [-0.4, -0.2) is 72.2 Å². The van der Waals surface area contributed by atoms with Gasteiger partial charge in [0.25, 0.3) is 0 Å². The van der Waals surface area contributed by atoms with Crippen molar-refractivity contribution in [3.05, 3.63) is 17.5 Å². The summed E-state index contributed by atoms with van der Waals surface area (Å²) in [6, 6.07) is 1.99. The molecule has 0 aliphatic carbocycles. The van der Waals surface area contributed by atoms with Crippen molar-refractivity contribution < 1.29 is 23.9 Å². The SMILES string of the molecule is CC(C)(C)CC(=O)NC[C@H]1O[C@H](Cc2cc(CN3CCOCC3)on2)CC[C@@H]1O. The largest absolute Gasteiger partial charge is 0.390 e. The van der Waals surface area contributed by atoms with Gasteiger partial charge in [-0.15, -0.1) is 0 Å². The molecule has 2 aliphatic rings. The normalized spacial score (nSPS) is 26.4. The van der Waals surface area contributed by atoms with Gasteiger partial charge in [0.2, 0.25) is 5.91 Å². The van der Waals surface area contributed by atoms with Gasteiger partial charge >= 0.3 is 0 Å². The summed E-state index contributed by atoms with van der Waals surface area (Å²) >= 11 is 0. The topological polar surface area (TPSA) is 97.1 Å². The second-order valence-electron chi connectivity index (χ2n) is 9.36. The summed E-state index contributed by atoms with van der Waals surface area (Å²) in [6.07, 6.45) is 1.52. The van der Waals surface area contributed by atoms with Crippen LogP contribution in [0.1, 0.15) is 51.5 Å². The molecule has 1 aromatic rings. The second-order valence-corrected chi connectivity index (χ2v) is 9.36. The Labute approximate surface area is 172 Å². The molecule has 1 aromatic heterocycles. The fourth-order valence-corrected chi connectivity index (χ4v) is 3.78. The second kappa shape index (κ2) is 10.0. The fourth-order valence-electron chi connectivity index (χ4n) is 3.78. The summed E-state index contributed by atoms with van der Waals surface area (Å²) in [5.74, 6) is 0.836. The summed E-state index contributed by atoms with van der Waals surface area (Å²) in [5.41, 5.74) is 0.801. The Morgan fingerprint density at radius 3 is 2.79 bits per heavy atom. The molecule has 3 rings (SSSR count). The highest BCUT2D eigenvalue weighted by molar-refractivity contribution is 5.76. The Morgan fingerprint density at radius 2 is 2.07 bits per heavy atom. The summed E-state index contributed by atoms with van der Waals surface area (Å²) in [7, 11) is 0. The molecule has 3 heterocycles. The number of hydrogen-bond donors (Lipinski definition) is 2. The monoisotopic (exact) mass is 409 g/mol. The molecule has 8 nitrogen and oxygen atoms in total. The van der Waals surface area contributed by atoms with Gasteiger partial charge in [-0.1, -0.05) is 25.9 Å². The molecule has 1 amide bonds. The molecule has 0 saturated carbocycles. The first-order valence-corrected chi connectivity index (χ1v) is 10.6. The quantitative estimate of drug-likeness (QED) is 0.704. The van der Waals surface area contributed by atoms with E-state index in [0.717, 1.165) is 50.7 Å². The van der Waals surface area contributed by atoms with Gasteiger partial charge in [-0.2, -0.15) is 0 Å². The molecule has 2 N–H and O–H groups in total. The summed E-state index contributed by atoms with van der Waals surface area (Å²) in [4.78, 5) is 14.4. The first-order chi connectivity index (χ1) is 13.8. The molecule has 3 atom stereocenters. The highest BCUT2D eigenvalue weighted by Crippen LogP contribution is 2.23. The maximum absolute atomic E-state index is 12.1. The van der Waals surface area contributed by atoms with Crippen LogP contribution in [0.15, 0.2) is 10.6 Å². The number of carbonyl (C=O) groups excluding carboxylic acids is 1. The zero-order valence-corrected chi connectivity index (χ0v) is 17.9. The Morgan fingerprint density at radius 1 is 1.31 bits per heavy atom. The van der Waals surface area contributed by atoms with E-state index in [1.807, 2.05) is 26.8 Å². The van der Waals surface area contributed by atoms with E-state index in [0.29, 0.717) is 25.8 Å². The molecule has 0 spiro atoms. The molecule has 2 fully saturated rings. The molecule has 164 valence electrons. The van der Waals surface area contributed by atoms with Gasteiger partial charge in [0.05, 0.1) is 37.7 Å². The minimum atomic E-state index is -0.560. The lowest BCUT2D eigenvalue weighted by Crippen LogP contribution is -2.47. The van der Waals surface area contributed by atoms with Crippen molar-refractivity contribution in [2.45, 2.75) is 71.3 Å². The van der Waals surface area contributed by atoms with Crippen LogP contribution in [0.4, 0.5) is 0 Å². The number of aliphatic hydroxyl groups excluding tert-OH is 1. The number of hydrogen-bond acceptors (Lipinski definition) is 7. The number of amides is 1. The Kier molecular flexibility index (Phi) is 7.67. The van der Waals surface area contributed by atoms with Crippen LogP contribution in [0.3, 0.4) is 0 Å². The number of nitrogens with zero attached hydrogens (tertiary/aromatic N) is 2. The zero-order chi connectivity index (χ0) is 20.9. The fraction of sp³-hybridized carbons (Fsp3) is 0.810. The maximum Gasteiger partial charge on any atom is 0.220 e. The third kappa shape index (κ3) is 7.37. The Hall–Kier alpha value is -1.48. The van der Waals surface area contributed by atoms with Crippen molar-refractivity contribution in [3.63, 3.8) is 0 Å². The average Bonchev–Trinajstić information content (AvgIpc) is 3.08.